The van der Waals surface area contributed by atoms with E-state index in [0.717, 1.165) is 42.6 Å². The number of carbonyl (C=O) groups is 1. The minimum Gasteiger partial charge on any atom is -0.328 e. The van der Waals surface area contributed by atoms with E-state index in [1.807, 2.05) is 12.1 Å². The number of nitrogens with zero attached hydrogens (tertiary/aromatic N) is 2. The number of nitrogens with two attached hydrogens (primary N) is 1. The zero-order valence-corrected chi connectivity index (χ0v) is 14.6. The van der Waals surface area contributed by atoms with E-state index in [4.69, 9.17) is 5.73 Å². The molecule has 0 unspecified atom stereocenters. The molecule has 136 valence electrons. The van der Waals surface area contributed by atoms with E-state index in [9.17, 15) is 9.18 Å². The van der Waals surface area contributed by atoms with Crippen LogP contribution in [-0.4, -0.2) is 22.0 Å². The number of rotatable bonds is 2. The molecule has 2 aromatic rings. The number of nitrogens with one attached hydrogen (secondary N) is 1. The molecule has 2 aliphatic rings. The van der Waals surface area contributed by atoms with Gasteiger partial charge in [0.1, 0.15) is 5.82 Å². The van der Waals surface area contributed by atoms with Crippen molar-refractivity contribution in [1.82, 2.24) is 9.88 Å². The van der Waals surface area contributed by atoms with Gasteiger partial charge in [-0.25, -0.2) is 9.18 Å². The monoisotopic (exact) mass is 354 g/mol. The second kappa shape index (κ2) is 7.03. The zero-order chi connectivity index (χ0) is 18.1. The Morgan fingerprint density at radius 1 is 1.15 bits per heavy atom. The minimum absolute atomic E-state index is 0.195. The summed E-state index contributed by atoms with van der Waals surface area (Å²) in [6, 6.07) is 9.67. The molecule has 0 saturated heterocycles. The quantitative estimate of drug-likeness (QED) is 0.863. The van der Waals surface area contributed by atoms with Gasteiger partial charge in [-0.15, -0.1) is 0 Å². The van der Waals surface area contributed by atoms with Gasteiger partial charge in [0.25, 0.3) is 0 Å². The number of anilines is 1. The van der Waals surface area contributed by atoms with Gasteiger partial charge in [0.2, 0.25) is 0 Å². The number of hydrogen-bond acceptors (Lipinski definition) is 3. The summed E-state index contributed by atoms with van der Waals surface area (Å²) in [6.07, 6.45) is 5.60. The molecule has 3 N–H and O–H groups in total. The van der Waals surface area contributed by atoms with Gasteiger partial charge in [0.05, 0.1) is 18.4 Å². The maximum atomic E-state index is 13.3. The van der Waals surface area contributed by atoms with Crippen molar-refractivity contribution in [2.45, 2.75) is 50.7 Å². The van der Waals surface area contributed by atoms with Crippen molar-refractivity contribution in [3.8, 4) is 0 Å². The second-order valence-corrected chi connectivity index (χ2v) is 7.28. The fourth-order valence-electron chi connectivity index (χ4n) is 3.87. The fourth-order valence-corrected chi connectivity index (χ4v) is 3.87. The maximum Gasteiger partial charge on any atom is 0.322 e. The van der Waals surface area contributed by atoms with Gasteiger partial charge in [-0.1, -0.05) is 12.1 Å². The summed E-state index contributed by atoms with van der Waals surface area (Å²) in [6.45, 7) is 0.786. The first-order valence-corrected chi connectivity index (χ1v) is 9.13. The molecule has 0 atom stereocenters. The lowest BCUT2D eigenvalue weighted by Crippen LogP contribution is -2.30. The van der Waals surface area contributed by atoms with Crippen molar-refractivity contribution in [2.75, 3.05) is 5.32 Å². The van der Waals surface area contributed by atoms with Crippen LogP contribution >= 0.6 is 0 Å². The third kappa shape index (κ3) is 3.55. The Morgan fingerprint density at radius 2 is 1.88 bits per heavy atom. The number of pyridine rings is 1. The molecule has 0 radical (unpaired) electrons. The Hall–Kier alpha value is -2.47. The van der Waals surface area contributed by atoms with Gasteiger partial charge in [-0.3, -0.25) is 4.98 Å². The molecule has 1 aromatic heterocycles. The van der Waals surface area contributed by atoms with Crippen LogP contribution in [0, 0.1) is 5.82 Å². The number of urea groups is 1. The number of carbonyl (C=O) groups excluding carboxylic acids is 1. The van der Waals surface area contributed by atoms with E-state index in [2.05, 4.69) is 22.4 Å². The van der Waals surface area contributed by atoms with E-state index in [0.29, 0.717) is 25.0 Å². The van der Waals surface area contributed by atoms with E-state index in [-0.39, 0.29) is 11.8 Å². The first-order valence-electron chi connectivity index (χ1n) is 9.13. The average molecular weight is 354 g/mol. The highest BCUT2D eigenvalue weighted by atomic mass is 19.1. The molecule has 1 aliphatic heterocycles. The van der Waals surface area contributed by atoms with Crippen LogP contribution in [-0.2, 0) is 13.1 Å². The molecule has 5 nitrogen and oxygen atoms in total. The molecule has 6 heteroatoms. The Balaban J connectivity index is 1.36. The van der Waals surface area contributed by atoms with Crippen molar-refractivity contribution < 1.29 is 9.18 Å². The number of halogens is 1. The Kier molecular flexibility index (Phi) is 4.59. The smallest absolute Gasteiger partial charge is 0.322 e. The summed E-state index contributed by atoms with van der Waals surface area (Å²) in [4.78, 5) is 18.2. The number of fused-ring (bicyclic) bond motifs is 1. The van der Waals surface area contributed by atoms with E-state index in [1.165, 1.54) is 17.8 Å². The molecule has 1 fully saturated rings. The third-order valence-electron chi connectivity index (χ3n) is 5.42. The predicted molar refractivity (Wildman–Crippen MR) is 98.1 cm³/mol. The van der Waals surface area contributed by atoms with Crippen LogP contribution in [0.2, 0.25) is 0 Å². The van der Waals surface area contributed by atoms with Crippen molar-refractivity contribution >= 4 is 11.7 Å². The van der Waals surface area contributed by atoms with Gasteiger partial charge in [0.15, 0.2) is 0 Å². The largest absolute Gasteiger partial charge is 0.328 e. The van der Waals surface area contributed by atoms with Crippen molar-refractivity contribution in [3.63, 3.8) is 0 Å². The summed E-state index contributed by atoms with van der Waals surface area (Å²) < 4.78 is 13.3. The van der Waals surface area contributed by atoms with Crippen molar-refractivity contribution in [1.29, 1.82) is 0 Å². The highest BCUT2D eigenvalue weighted by molar-refractivity contribution is 5.89. The molecule has 4 rings (SSSR count). The van der Waals surface area contributed by atoms with Crippen LogP contribution in [0.25, 0.3) is 0 Å². The molecule has 0 bridgehead atoms. The molecule has 0 spiro atoms. The molecular weight excluding hydrogens is 331 g/mol. The summed E-state index contributed by atoms with van der Waals surface area (Å²) >= 11 is 0. The summed E-state index contributed by atoms with van der Waals surface area (Å²) in [5, 5.41) is 2.92. The number of hydrogen-bond donors (Lipinski definition) is 2. The van der Waals surface area contributed by atoms with Gasteiger partial charge in [-0.2, -0.15) is 0 Å². The van der Waals surface area contributed by atoms with Crippen LogP contribution in [0.15, 0.2) is 36.5 Å². The molecular formula is C20H23FN4O. The predicted octanol–water partition coefficient (Wildman–Crippen LogP) is 3.75. The molecule has 2 amide bonds. The Labute approximate surface area is 152 Å². The van der Waals surface area contributed by atoms with Gasteiger partial charge in [-0.05, 0) is 60.9 Å². The average Bonchev–Trinajstić information content (AvgIpc) is 3.06. The van der Waals surface area contributed by atoms with Gasteiger partial charge in [0, 0.05) is 18.3 Å². The standard InChI is InChI=1S/C20H23FN4O/c21-16-9-15-11-25(12-19(15)23-10-16)20(26)24-18-7-3-14(4-8-18)13-1-5-17(22)6-2-13/h3-4,7-10,13,17H,1-2,5-6,11-12,22H2,(H,24,26). The topological polar surface area (TPSA) is 71.2 Å². The lowest BCUT2D eigenvalue weighted by molar-refractivity contribution is 0.212. The third-order valence-corrected chi connectivity index (χ3v) is 5.42. The zero-order valence-electron chi connectivity index (χ0n) is 14.6. The van der Waals surface area contributed by atoms with E-state index >= 15 is 0 Å². The molecule has 1 aliphatic carbocycles. The highest BCUT2D eigenvalue weighted by Crippen LogP contribution is 2.32. The molecule has 2 heterocycles. The summed E-state index contributed by atoms with van der Waals surface area (Å²) in [7, 11) is 0. The maximum absolute atomic E-state index is 13.3. The Bertz CT molecular complexity index is 800. The number of amides is 2. The first kappa shape index (κ1) is 17.0. The van der Waals surface area contributed by atoms with Crippen LogP contribution in [0.5, 0.6) is 0 Å². The van der Waals surface area contributed by atoms with E-state index < -0.39 is 0 Å². The number of benzene rings is 1. The minimum atomic E-state index is -0.370. The summed E-state index contributed by atoms with van der Waals surface area (Å²) in [5.41, 5.74) is 9.58. The van der Waals surface area contributed by atoms with Crippen LogP contribution < -0.4 is 11.1 Å². The Morgan fingerprint density at radius 3 is 2.62 bits per heavy atom. The lowest BCUT2D eigenvalue weighted by atomic mass is 9.82. The van der Waals surface area contributed by atoms with Crippen molar-refractivity contribution in [2.24, 2.45) is 5.73 Å². The van der Waals surface area contributed by atoms with E-state index in [1.54, 1.807) is 4.90 Å². The lowest BCUT2D eigenvalue weighted by Gasteiger charge is -2.26. The number of aromatic nitrogens is 1. The van der Waals surface area contributed by atoms with Crippen LogP contribution in [0.4, 0.5) is 14.9 Å². The molecule has 1 aromatic carbocycles. The van der Waals surface area contributed by atoms with Gasteiger partial charge >= 0.3 is 6.03 Å². The van der Waals surface area contributed by atoms with Gasteiger partial charge < -0.3 is 16.0 Å². The summed E-state index contributed by atoms with van der Waals surface area (Å²) in [5.74, 6) is 0.193. The fraction of sp³-hybridized carbons (Fsp3) is 0.400. The van der Waals surface area contributed by atoms with Crippen LogP contribution in [0.3, 0.4) is 0 Å². The molecule has 1 saturated carbocycles. The SMILES string of the molecule is NC1CCC(c2ccc(NC(=O)N3Cc4cc(F)cnc4C3)cc2)CC1. The second-order valence-electron chi connectivity index (χ2n) is 7.28. The first-order chi connectivity index (χ1) is 12.6. The highest BCUT2D eigenvalue weighted by Gasteiger charge is 2.25. The van der Waals surface area contributed by atoms with Crippen LogP contribution in [0.1, 0.15) is 48.4 Å². The molecule has 26 heavy (non-hydrogen) atoms. The normalized spacial score (nSPS) is 22.2. The van der Waals surface area contributed by atoms with Crippen molar-refractivity contribution in [3.05, 3.63) is 59.2 Å².